The molecular weight excluding hydrogens is 381 g/mol. The summed E-state index contributed by atoms with van der Waals surface area (Å²) in [4.78, 5) is 18.4. The maximum Gasteiger partial charge on any atom is 0.416 e. The molecule has 0 radical (unpaired) electrons. The van der Waals surface area contributed by atoms with E-state index >= 15 is 0 Å². The second-order valence-corrected chi connectivity index (χ2v) is 8.06. The molecule has 1 aliphatic carbocycles. The molecule has 29 heavy (non-hydrogen) atoms. The second-order valence-electron chi connectivity index (χ2n) is 8.06. The van der Waals surface area contributed by atoms with E-state index in [1.54, 1.807) is 18.2 Å². The number of alkyl halides is 3. The average Bonchev–Trinajstić information content (AvgIpc) is 3.25. The number of halogens is 3. The molecule has 7 heteroatoms. The fourth-order valence-electron chi connectivity index (χ4n) is 4.87. The first kappa shape index (κ1) is 19.7. The average molecular weight is 404 g/mol. The standard InChI is InChI=1S/C22H23F3N2O2/c1-13-7-19(21(28)29-2)26-20(8-13)27-11-15-9-14(10-16(15)12-27)17-5-3-4-6-18(17)22(23,24)25/h3-8,14-16H,9-12H2,1-2H3/t14-,15-,16+. The fourth-order valence-corrected chi connectivity index (χ4v) is 4.87. The summed E-state index contributed by atoms with van der Waals surface area (Å²) >= 11 is 0. The first-order chi connectivity index (χ1) is 13.8. The van der Waals surface area contributed by atoms with Gasteiger partial charge in [0, 0.05) is 13.1 Å². The van der Waals surface area contributed by atoms with Crippen LogP contribution in [0.2, 0.25) is 0 Å². The molecule has 1 aliphatic heterocycles. The van der Waals surface area contributed by atoms with Crippen LogP contribution in [0.3, 0.4) is 0 Å². The van der Waals surface area contributed by atoms with Crippen LogP contribution in [0.15, 0.2) is 36.4 Å². The number of fused-ring (bicyclic) bond motifs is 1. The minimum absolute atomic E-state index is 0.0685. The smallest absolute Gasteiger partial charge is 0.416 e. The van der Waals surface area contributed by atoms with Crippen molar-refractivity contribution < 1.29 is 22.7 Å². The Morgan fingerprint density at radius 1 is 1.14 bits per heavy atom. The minimum atomic E-state index is -4.32. The Balaban J connectivity index is 1.51. The number of carbonyl (C=O) groups excluding carboxylic acids is 1. The van der Waals surface area contributed by atoms with Crippen molar-refractivity contribution in [1.29, 1.82) is 0 Å². The monoisotopic (exact) mass is 404 g/mol. The normalized spacial score (nSPS) is 23.9. The zero-order valence-electron chi connectivity index (χ0n) is 16.4. The number of aryl methyl sites for hydroxylation is 1. The number of pyridine rings is 1. The highest BCUT2D eigenvalue weighted by molar-refractivity contribution is 5.87. The Morgan fingerprint density at radius 2 is 1.79 bits per heavy atom. The molecule has 4 rings (SSSR count). The summed E-state index contributed by atoms with van der Waals surface area (Å²) in [7, 11) is 1.32. The zero-order chi connectivity index (χ0) is 20.8. The Kier molecular flexibility index (Phi) is 5.00. The number of nitrogens with zero attached hydrogens (tertiary/aromatic N) is 2. The molecule has 2 aromatic rings. The molecule has 1 aromatic carbocycles. The van der Waals surface area contributed by atoms with Crippen molar-refractivity contribution in [3.63, 3.8) is 0 Å². The minimum Gasteiger partial charge on any atom is -0.464 e. The van der Waals surface area contributed by atoms with Gasteiger partial charge in [0.05, 0.1) is 12.7 Å². The van der Waals surface area contributed by atoms with Gasteiger partial charge in [0.2, 0.25) is 0 Å². The van der Waals surface area contributed by atoms with Crippen LogP contribution in [0.4, 0.5) is 19.0 Å². The third-order valence-corrected chi connectivity index (χ3v) is 6.13. The fraction of sp³-hybridized carbons (Fsp3) is 0.455. The molecule has 0 spiro atoms. The summed E-state index contributed by atoms with van der Waals surface area (Å²) in [6, 6.07) is 9.57. The Hall–Kier alpha value is -2.57. The largest absolute Gasteiger partial charge is 0.464 e. The summed E-state index contributed by atoms with van der Waals surface area (Å²) < 4.78 is 44.9. The maximum atomic E-state index is 13.4. The predicted octanol–water partition coefficient (Wildman–Crippen LogP) is 4.83. The SMILES string of the molecule is COC(=O)c1cc(C)cc(N2C[C@H]3C[C@@H](c4ccccc4C(F)(F)F)C[C@H]3C2)n1. The van der Waals surface area contributed by atoms with Gasteiger partial charge in [-0.05, 0) is 66.8 Å². The Bertz CT molecular complexity index is 915. The number of hydrogen-bond donors (Lipinski definition) is 0. The molecule has 0 bridgehead atoms. The van der Waals surface area contributed by atoms with Crippen molar-refractivity contribution in [2.45, 2.75) is 31.9 Å². The molecule has 1 aromatic heterocycles. The summed E-state index contributed by atoms with van der Waals surface area (Å²) in [6.07, 6.45) is -2.84. The molecule has 154 valence electrons. The van der Waals surface area contributed by atoms with Gasteiger partial charge in [0.15, 0.2) is 5.69 Å². The molecular formula is C22H23F3N2O2. The molecule has 2 fully saturated rings. The quantitative estimate of drug-likeness (QED) is 0.688. The number of benzene rings is 1. The summed E-state index contributed by atoms with van der Waals surface area (Å²) in [5, 5.41) is 0. The molecule has 3 atom stereocenters. The zero-order valence-corrected chi connectivity index (χ0v) is 16.4. The van der Waals surface area contributed by atoms with E-state index in [1.807, 2.05) is 13.0 Å². The van der Waals surface area contributed by atoms with Crippen molar-refractivity contribution in [3.05, 3.63) is 58.8 Å². The first-order valence-corrected chi connectivity index (χ1v) is 9.74. The van der Waals surface area contributed by atoms with E-state index in [2.05, 4.69) is 9.88 Å². The number of methoxy groups -OCH3 is 1. The number of esters is 1. The van der Waals surface area contributed by atoms with E-state index in [9.17, 15) is 18.0 Å². The van der Waals surface area contributed by atoms with Crippen LogP contribution in [0.25, 0.3) is 0 Å². The lowest BCUT2D eigenvalue weighted by Gasteiger charge is -2.22. The third-order valence-electron chi connectivity index (χ3n) is 6.13. The van der Waals surface area contributed by atoms with E-state index in [0.717, 1.165) is 37.3 Å². The lowest BCUT2D eigenvalue weighted by atomic mass is 9.91. The lowest BCUT2D eigenvalue weighted by Crippen LogP contribution is -2.24. The molecule has 1 saturated carbocycles. The number of carbonyl (C=O) groups is 1. The van der Waals surface area contributed by atoms with Gasteiger partial charge >= 0.3 is 12.1 Å². The van der Waals surface area contributed by atoms with Gasteiger partial charge in [-0.1, -0.05) is 18.2 Å². The van der Waals surface area contributed by atoms with Crippen molar-refractivity contribution in [3.8, 4) is 0 Å². The van der Waals surface area contributed by atoms with Crippen molar-refractivity contribution >= 4 is 11.8 Å². The second kappa shape index (κ2) is 7.35. The van der Waals surface area contributed by atoms with Crippen LogP contribution in [-0.4, -0.2) is 31.2 Å². The van der Waals surface area contributed by atoms with Crippen LogP contribution in [0.1, 0.15) is 45.9 Å². The highest BCUT2D eigenvalue weighted by Gasteiger charge is 2.44. The predicted molar refractivity (Wildman–Crippen MR) is 103 cm³/mol. The number of hydrogen-bond acceptors (Lipinski definition) is 4. The van der Waals surface area contributed by atoms with Crippen molar-refractivity contribution in [2.24, 2.45) is 11.8 Å². The van der Waals surface area contributed by atoms with E-state index in [4.69, 9.17) is 4.74 Å². The van der Waals surface area contributed by atoms with Crippen LogP contribution in [-0.2, 0) is 10.9 Å². The lowest BCUT2D eigenvalue weighted by molar-refractivity contribution is -0.138. The van der Waals surface area contributed by atoms with E-state index in [-0.39, 0.29) is 11.6 Å². The number of anilines is 1. The molecule has 0 amide bonds. The molecule has 2 aliphatic rings. The molecule has 0 unspecified atom stereocenters. The maximum absolute atomic E-state index is 13.4. The molecule has 2 heterocycles. The van der Waals surface area contributed by atoms with Gasteiger partial charge in [-0.3, -0.25) is 0 Å². The molecule has 4 nitrogen and oxygen atoms in total. The van der Waals surface area contributed by atoms with Gasteiger partial charge in [0.25, 0.3) is 0 Å². The first-order valence-electron chi connectivity index (χ1n) is 9.74. The molecule has 0 N–H and O–H groups in total. The van der Waals surface area contributed by atoms with Gasteiger partial charge < -0.3 is 9.64 Å². The third kappa shape index (κ3) is 3.82. The topological polar surface area (TPSA) is 42.4 Å². The summed E-state index contributed by atoms with van der Waals surface area (Å²) in [6.45, 7) is 3.39. The molecule has 1 saturated heterocycles. The van der Waals surface area contributed by atoms with Crippen LogP contribution in [0, 0.1) is 18.8 Å². The Morgan fingerprint density at radius 3 is 2.41 bits per heavy atom. The Labute approximate surface area is 167 Å². The van der Waals surface area contributed by atoms with E-state index in [1.165, 1.54) is 19.2 Å². The van der Waals surface area contributed by atoms with Gasteiger partial charge in [0.1, 0.15) is 5.82 Å². The highest BCUT2D eigenvalue weighted by Crippen LogP contribution is 2.49. The summed E-state index contributed by atoms with van der Waals surface area (Å²) in [5.74, 6) is 0.835. The number of aromatic nitrogens is 1. The highest BCUT2D eigenvalue weighted by atomic mass is 19.4. The van der Waals surface area contributed by atoms with Gasteiger partial charge in [-0.15, -0.1) is 0 Å². The van der Waals surface area contributed by atoms with Crippen molar-refractivity contribution in [1.82, 2.24) is 4.98 Å². The van der Waals surface area contributed by atoms with Gasteiger partial charge in [-0.25, -0.2) is 9.78 Å². The number of rotatable bonds is 3. The van der Waals surface area contributed by atoms with E-state index in [0.29, 0.717) is 17.4 Å². The number of ether oxygens (including phenoxy) is 1. The van der Waals surface area contributed by atoms with Gasteiger partial charge in [-0.2, -0.15) is 13.2 Å². The van der Waals surface area contributed by atoms with Crippen LogP contribution in [0.5, 0.6) is 0 Å². The van der Waals surface area contributed by atoms with Crippen LogP contribution < -0.4 is 4.90 Å². The summed E-state index contributed by atoms with van der Waals surface area (Å²) in [5.41, 5.74) is 1.11. The van der Waals surface area contributed by atoms with Crippen molar-refractivity contribution in [2.75, 3.05) is 25.1 Å². The van der Waals surface area contributed by atoms with Crippen LogP contribution >= 0.6 is 0 Å². The van der Waals surface area contributed by atoms with E-state index < -0.39 is 17.7 Å².